The summed E-state index contributed by atoms with van der Waals surface area (Å²) >= 11 is 5.99. The molecule has 20 heavy (non-hydrogen) atoms. The molecule has 5 heteroatoms. The van der Waals surface area contributed by atoms with Gasteiger partial charge in [-0.3, -0.25) is 4.99 Å². The third kappa shape index (κ3) is 3.87. The number of rotatable bonds is 4. The number of halogens is 1. The van der Waals surface area contributed by atoms with E-state index in [0.717, 1.165) is 42.4 Å². The van der Waals surface area contributed by atoms with Crippen LogP contribution >= 0.6 is 11.6 Å². The highest BCUT2D eigenvalue weighted by atomic mass is 35.5. The van der Waals surface area contributed by atoms with Gasteiger partial charge in [-0.25, -0.2) is 0 Å². The summed E-state index contributed by atoms with van der Waals surface area (Å²) in [5.74, 6) is 0.783. The van der Waals surface area contributed by atoms with Crippen LogP contribution in [-0.2, 0) is 6.54 Å². The number of benzene rings is 1. The van der Waals surface area contributed by atoms with E-state index in [4.69, 9.17) is 11.6 Å². The summed E-state index contributed by atoms with van der Waals surface area (Å²) in [6.45, 7) is 1.28. The molecule has 1 fully saturated rings. The normalized spacial score (nSPS) is 17.5. The van der Waals surface area contributed by atoms with Crippen LogP contribution in [0.25, 0.3) is 0 Å². The van der Waals surface area contributed by atoms with Gasteiger partial charge in [0, 0.05) is 32.2 Å². The molecule has 4 nitrogen and oxygen atoms in total. The van der Waals surface area contributed by atoms with Gasteiger partial charge in [-0.15, -0.1) is 0 Å². The van der Waals surface area contributed by atoms with Gasteiger partial charge in [0.25, 0.3) is 0 Å². The van der Waals surface area contributed by atoms with E-state index in [1.807, 2.05) is 36.2 Å². The van der Waals surface area contributed by atoms with Crippen LogP contribution in [-0.4, -0.2) is 42.2 Å². The van der Waals surface area contributed by atoms with E-state index in [-0.39, 0.29) is 0 Å². The van der Waals surface area contributed by atoms with Crippen molar-refractivity contribution in [3.8, 4) is 0 Å². The SMILES string of the molecule is CN=C(NCC1(O)CCC1)N(C)Cc1cccc(Cl)c1. The van der Waals surface area contributed by atoms with Crippen molar-refractivity contribution in [2.24, 2.45) is 4.99 Å². The molecule has 2 N–H and O–H groups in total. The highest BCUT2D eigenvalue weighted by molar-refractivity contribution is 6.30. The van der Waals surface area contributed by atoms with E-state index in [1.54, 1.807) is 7.05 Å². The second-order valence-electron chi connectivity index (χ2n) is 5.46. The van der Waals surface area contributed by atoms with Gasteiger partial charge in [-0.2, -0.15) is 0 Å². The number of nitrogens with one attached hydrogen (secondary N) is 1. The number of aliphatic hydroxyl groups is 1. The van der Waals surface area contributed by atoms with Crippen LogP contribution in [0.1, 0.15) is 24.8 Å². The van der Waals surface area contributed by atoms with Crippen LogP contribution in [0.3, 0.4) is 0 Å². The Balaban J connectivity index is 1.90. The topological polar surface area (TPSA) is 47.9 Å². The Bertz CT molecular complexity index is 486. The molecule has 0 atom stereocenters. The lowest BCUT2D eigenvalue weighted by atomic mass is 9.80. The summed E-state index contributed by atoms with van der Waals surface area (Å²) in [6, 6.07) is 7.79. The van der Waals surface area contributed by atoms with Crippen molar-refractivity contribution in [3.63, 3.8) is 0 Å². The zero-order chi connectivity index (χ0) is 14.6. The molecule has 2 rings (SSSR count). The number of hydrogen-bond donors (Lipinski definition) is 2. The van der Waals surface area contributed by atoms with Crippen LogP contribution in [0.4, 0.5) is 0 Å². The average molecular weight is 296 g/mol. The quantitative estimate of drug-likeness (QED) is 0.662. The lowest BCUT2D eigenvalue weighted by Crippen LogP contribution is -2.50. The minimum Gasteiger partial charge on any atom is -0.388 e. The van der Waals surface area contributed by atoms with Gasteiger partial charge in [0.15, 0.2) is 5.96 Å². The van der Waals surface area contributed by atoms with Crippen LogP contribution in [0.15, 0.2) is 29.3 Å². The van der Waals surface area contributed by atoms with Gasteiger partial charge in [0.05, 0.1) is 5.60 Å². The molecule has 0 radical (unpaired) electrons. The summed E-state index contributed by atoms with van der Waals surface area (Å²) in [7, 11) is 3.72. The fraction of sp³-hybridized carbons (Fsp3) is 0.533. The van der Waals surface area contributed by atoms with Gasteiger partial charge in [0.2, 0.25) is 0 Å². The summed E-state index contributed by atoms with van der Waals surface area (Å²) < 4.78 is 0. The van der Waals surface area contributed by atoms with Crippen molar-refractivity contribution in [2.75, 3.05) is 20.6 Å². The molecule has 0 heterocycles. The van der Waals surface area contributed by atoms with Gasteiger partial charge < -0.3 is 15.3 Å². The second-order valence-corrected chi connectivity index (χ2v) is 5.90. The van der Waals surface area contributed by atoms with Crippen LogP contribution in [0.5, 0.6) is 0 Å². The first-order valence-corrected chi connectivity index (χ1v) is 7.29. The van der Waals surface area contributed by atoms with E-state index in [1.165, 1.54) is 0 Å². The predicted molar refractivity (Wildman–Crippen MR) is 83.1 cm³/mol. The van der Waals surface area contributed by atoms with E-state index in [9.17, 15) is 5.11 Å². The summed E-state index contributed by atoms with van der Waals surface area (Å²) in [4.78, 5) is 6.28. The Hall–Kier alpha value is -1.26. The monoisotopic (exact) mass is 295 g/mol. The van der Waals surface area contributed by atoms with Crippen molar-refractivity contribution in [1.82, 2.24) is 10.2 Å². The first kappa shape index (κ1) is 15.1. The lowest BCUT2D eigenvalue weighted by molar-refractivity contribution is -0.0282. The minimum absolute atomic E-state index is 0.549. The Kier molecular flexibility index (Phi) is 4.89. The van der Waals surface area contributed by atoms with Crippen molar-refractivity contribution >= 4 is 17.6 Å². The smallest absolute Gasteiger partial charge is 0.193 e. The van der Waals surface area contributed by atoms with Gasteiger partial charge in [-0.05, 0) is 37.0 Å². The largest absolute Gasteiger partial charge is 0.388 e. The van der Waals surface area contributed by atoms with Crippen molar-refractivity contribution in [3.05, 3.63) is 34.9 Å². The molecular weight excluding hydrogens is 274 g/mol. The molecule has 0 saturated heterocycles. The molecule has 0 aromatic heterocycles. The van der Waals surface area contributed by atoms with Gasteiger partial charge >= 0.3 is 0 Å². The second kappa shape index (κ2) is 6.46. The molecule has 1 saturated carbocycles. The van der Waals surface area contributed by atoms with Crippen LogP contribution < -0.4 is 5.32 Å². The zero-order valence-corrected chi connectivity index (χ0v) is 12.8. The molecule has 110 valence electrons. The highest BCUT2D eigenvalue weighted by Crippen LogP contribution is 2.30. The van der Waals surface area contributed by atoms with Crippen LogP contribution in [0, 0.1) is 0 Å². The fourth-order valence-corrected chi connectivity index (χ4v) is 2.59. The summed E-state index contributed by atoms with van der Waals surface area (Å²) in [6.07, 6.45) is 2.85. The predicted octanol–water partition coefficient (Wildman–Crippen LogP) is 2.26. The first-order valence-electron chi connectivity index (χ1n) is 6.91. The standard InChI is InChI=1S/C15H22ClN3O/c1-17-14(18-11-15(20)7-4-8-15)19(2)10-12-5-3-6-13(16)9-12/h3,5-6,9,20H,4,7-8,10-11H2,1-2H3,(H,17,18). The van der Waals surface area contributed by atoms with Crippen molar-refractivity contribution in [2.45, 2.75) is 31.4 Å². The third-order valence-electron chi connectivity index (χ3n) is 3.74. The number of nitrogens with zero attached hydrogens (tertiary/aromatic N) is 2. The maximum Gasteiger partial charge on any atom is 0.193 e. The van der Waals surface area contributed by atoms with E-state index < -0.39 is 5.60 Å². The summed E-state index contributed by atoms with van der Waals surface area (Å²) in [5.41, 5.74) is 0.581. The molecule has 0 aliphatic heterocycles. The van der Waals surface area contributed by atoms with Crippen LogP contribution in [0.2, 0.25) is 5.02 Å². The maximum absolute atomic E-state index is 10.1. The Morgan fingerprint density at radius 1 is 1.50 bits per heavy atom. The van der Waals surface area contributed by atoms with E-state index >= 15 is 0 Å². The Morgan fingerprint density at radius 3 is 2.80 bits per heavy atom. The van der Waals surface area contributed by atoms with E-state index in [2.05, 4.69) is 10.3 Å². The molecule has 1 aromatic carbocycles. The lowest BCUT2D eigenvalue weighted by Gasteiger charge is -2.37. The number of aliphatic imine (C=N–C) groups is 1. The number of guanidine groups is 1. The first-order chi connectivity index (χ1) is 9.52. The molecular formula is C15H22ClN3O. The van der Waals surface area contributed by atoms with Gasteiger partial charge in [0.1, 0.15) is 0 Å². The molecule has 0 amide bonds. The highest BCUT2D eigenvalue weighted by Gasteiger charge is 2.34. The summed E-state index contributed by atoms with van der Waals surface area (Å²) in [5, 5.41) is 14.1. The average Bonchev–Trinajstić information content (AvgIpc) is 2.37. The Labute approximate surface area is 125 Å². The zero-order valence-electron chi connectivity index (χ0n) is 12.1. The minimum atomic E-state index is -0.549. The third-order valence-corrected chi connectivity index (χ3v) is 3.98. The molecule has 0 unspecified atom stereocenters. The Morgan fingerprint density at radius 2 is 2.25 bits per heavy atom. The van der Waals surface area contributed by atoms with Crippen molar-refractivity contribution < 1.29 is 5.11 Å². The fourth-order valence-electron chi connectivity index (χ4n) is 2.37. The molecule has 0 bridgehead atoms. The molecule has 1 aliphatic rings. The van der Waals surface area contributed by atoms with Gasteiger partial charge in [-0.1, -0.05) is 23.7 Å². The maximum atomic E-state index is 10.1. The molecule has 0 spiro atoms. The van der Waals surface area contributed by atoms with E-state index in [0.29, 0.717) is 6.54 Å². The molecule has 1 aliphatic carbocycles. The van der Waals surface area contributed by atoms with Crippen molar-refractivity contribution in [1.29, 1.82) is 0 Å². The molecule has 1 aromatic rings. The number of hydrogen-bond acceptors (Lipinski definition) is 2.